The van der Waals surface area contributed by atoms with Crippen LogP contribution in [0.25, 0.3) is 0 Å². The highest BCUT2D eigenvalue weighted by Gasteiger charge is 2.10. The molecule has 0 bridgehead atoms. The minimum atomic E-state index is -0.345. The Hall–Kier alpha value is -3.52. The highest BCUT2D eigenvalue weighted by molar-refractivity contribution is 5.89. The fourth-order valence-electron chi connectivity index (χ4n) is 3.92. The van der Waals surface area contributed by atoms with E-state index in [1.165, 1.54) is 0 Å². The number of allylic oxidation sites excluding steroid dienone is 2. The van der Waals surface area contributed by atoms with Crippen molar-refractivity contribution in [3.05, 3.63) is 65.7 Å². The standard InChI is InChI=1S/C33H49N3O5/c1-5-6-19-34-29-16-14-28(15-17-29)33(39)41-23-21-36(4)20-22-40-31-24-27(13-18-30(31)37)25-35-32(38)12-10-8-7-9-11-26(2)3/h9,11,13-18,24,26,34,37H,5-8,10,12,19-23,25H2,1-4H3,(H,35,38)/b11-9+. The number of anilines is 1. The zero-order valence-electron chi connectivity index (χ0n) is 25.3. The van der Waals surface area contributed by atoms with E-state index in [-0.39, 0.29) is 24.2 Å². The Labute approximate surface area is 246 Å². The van der Waals surface area contributed by atoms with E-state index >= 15 is 0 Å². The number of phenols is 1. The van der Waals surface area contributed by atoms with E-state index in [0.717, 1.165) is 49.9 Å². The Bertz CT molecular complexity index is 1070. The van der Waals surface area contributed by atoms with Gasteiger partial charge in [0.15, 0.2) is 11.5 Å². The highest BCUT2D eigenvalue weighted by atomic mass is 16.5. The van der Waals surface area contributed by atoms with Crippen molar-refractivity contribution in [3.8, 4) is 11.5 Å². The maximum Gasteiger partial charge on any atom is 0.338 e. The van der Waals surface area contributed by atoms with Crippen molar-refractivity contribution in [1.82, 2.24) is 10.2 Å². The Kier molecular flexibility index (Phi) is 16.1. The Morgan fingerprint density at radius 1 is 1.02 bits per heavy atom. The van der Waals surface area contributed by atoms with Crippen LogP contribution in [0, 0.1) is 5.92 Å². The monoisotopic (exact) mass is 567 g/mol. The maximum atomic E-state index is 12.3. The minimum Gasteiger partial charge on any atom is -0.504 e. The van der Waals surface area contributed by atoms with Gasteiger partial charge in [0.25, 0.3) is 0 Å². The lowest BCUT2D eigenvalue weighted by Crippen LogP contribution is -2.28. The van der Waals surface area contributed by atoms with E-state index in [9.17, 15) is 14.7 Å². The predicted octanol–water partition coefficient (Wildman–Crippen LogP) is 6.16. The average molecular weight is 568 g/mol. The van der Waals surface area contributed by atoms with Crippen molar-refractivity contribution < 1.29 is 24.2 Å². The zero-order valence-corrected chi connectivity index (χ0v) is 25.3. The van der Waals surface area contributed by atoms with Gasteiger partial charge in [0.2, 0.25) is 5.91 Å². The summed E-state index contributed by atoms with van der Waals surface area (Å²) in [5, 5.41) is 16.5. The predicted molar refractivity (Wildman–Crippen MR) is 166 cm³/mol. The number of amides is 1. The number of aromatic hydroxyl groups is 1. The second-order valence-corrected chi connectivity index (χ2v) is 10.6. The Morgan fingerprint density at radius 3 is 2.51 bits per heavy atom. The van der Waals surface area contributed by atoms with Crippen LogP contribution in [0.2, 0.25) is 0 Å². The summed E-state index contributed by atoms with van der Waals surface area (Å²) in [6.45, 7) is 9.50. The topological polar surface area (TPSA) is 100 Å². The Morgan fingerprint density at radius 2 is 1.78 bits per heavy atom. The lowest BCUT2D eigenvalue weighted by molar-refractivity contribution is -0.121. The highest BCUT2D eigenvalue weighted by Crippen LogP contribution is 2.26. The lowest BCUT2D eigenvalue weighted by Gasteiger charge is -2.17. The second-order valence-electron chi connectivity index (χ2n) is 10.6. The van der Waals surface area contributed by atoms with Crippen molar-refractivity contribution in [2.45, 2.75) is 65.8 Å². The van der Waals surface area contributed by atoms with Gasteiger partial charge >= 0.3 is 5.97 Å². The molecular weight excluding hydrogens is 518 g/mol. The van der Waals surface area contributed by atoms with Gasteiger partial charge in [-0.2, -0.15) is 0 Å². The maximum absolute atomic E-state index is 12.3. The summed E-state index contributed by atoms with van der Waals surface area (Å²) < 4.78 is 11.2. The number of ether oxygens (including phenoxy) is 2. The molecule has 0 spiro atoms. The van der Waals surface area contributed by atoms with Crippen molar-refractivity contribution >= 4 is 17.6 Å². The summed E-state index contributed by atoms with van der Waals surface area (Å²) in [4.78, 5) is 26.5. The van der Waals surface area contributed by atoms with Gasteiger partial charge in [-0.15, -0.1) is 0 Å². The molecule has 0 aliphatic rings. The SMILES string of the molecule is CCCCNc1ccc(C(=O)OCCN(C)CCOc2cc(CNC(=O)CCCC/C=C/C(C)C)ccc2O)cc1. The quantitative estimate of drug-likeness (QED) is 0.100. The van der Waals surface area contributed by atoms with E-state index < -0.39 is 0 Å². The molecule has 0 saturated carbocycles. The molecule has 0 heterocycles. The van der Waals surface area contributed by atoms with Gasteiger partial charge in [-0.25, -0.2) is 4.79 Å². The van der Waals surface area contributed by atoms with Gasteiger partial charge in [0.05, 0.1) is 5.56 Å². The van der Waals surface area contributed by atoms with E-state index in [1.54, 1.807) is 30.3 Å². The first-order chi connectivity index (χ1) is 19.8. The number of rotatable bonds is 20. The molecule has 41 heavy (non-hydrogen) atoms. The second kappa shape index (κ2) is 19.5. The van der Waals surface area contributed by atoms with Crippen molar-refractivity contribution in [2.75, 3.05) is 45.2 Å². The molecule has 0 aliphatic carbocycles. The first kappa shape index (κ1) is 33.7. The molecule has 226 valence electrons. The van der Waals surface area contributed by atoms with Gasteiger partial charge in [0, 0.05) is 38.3 Å². The number of hydrogen-bond donors (Lipinski definition) is 3. The number of carbonyl (C=O) groups excluding carboxylic acids is 2. The van der Waals surface area contributed by atoms with Gasteiger partial charge in [-0.05, 0) is 80.6 Å². The average Bonchev–Trinajstić information content (AvgIpc) is 2.95. The number of hydrogen-bond acceptors (Lipinski definition) is 7. The summed E-state index contributed by atoms with van der Waals surface area (Å²) in [7, 11) is 1.92. The van der Waals surface area contributed by atoms with Crippen LogP contribution in [-0.4, -0.2) is 61.8 Å². The molecule has 0 radical (unpaired) electrons. The zero-order chi connectivity index (χ0) is 29.9. The molecule has 0 fully saturated rings. The first-order valence-electron chi connectivity index (χ1n) is 14.9. The van der Waals surface area contributed by atoms with Crippen molar-refractivity contribution in [3.63, 3.8) is 0 Å². The van der Waals surface area contributed by atoms with E-state index in [1.807, 2.05) is 24.1 Å². The van der Waals surface area contributed by atoms with Crippen LogP contribution in [0.4, 0.5) is 5.69 Å². The van der Waals surface area contributed by atoms with Gasteiger partial charge < -0.3 is 25.2 Å². The summed E-state index contributed by atoms with van der Waals surface area (Å²) >= 11 is 0. The van der Waals surface area contributed by atoms with Crippen LogP contribution in [0.1, 0.15) is 75.2 Å². The third-order valence-corrected chi connectivity index (χ3v) is 6.48. The molecule has 0 saturated heterocycles. The molecule has 2 rings (SSSR count). The largest absolute Gasteiger partial charge is 0.504 e. The normalized spacial score (nSPS) is 11.3. The Balaban J connectivity index is 1.64. The van der Waals surface area contributed by atoms with Crippen LogP contribution < -0.4 is 15.4 Å². The summed E-state index contributed by atoms with van der Waals surface area (Å²) in [6, 6.07) is 12.4. The molecule has 3 N–H and O–H groups in total. The molecule has 0 atom stereocenters. The molecule has 8 heteroatoms. The van der Waals surface area contributed by atoms with Gasteiger partial charge in [-0.1, -0.05) is 45.4 Å². The number of phenolic OH excluding ortho intramolecular Hbond substituents is 1. The number of nitrogens with one attached hydrogen (secondary N) is 2. The fraction of sp³-hybridized carbons (Fsp3) is 0.515. The number of esters is 1. The summed E-state index contributed by atoms with van der Waals surface area (Å²) in [5.74, 6) is 0.663. The summed E-state index contributed by atoms with van der Waals surface area (Å²) in [6.07, 6.45) is 9.96. The van der Waals surface area contributed by atoms with Gasteiger partial charge in [-0.3, -0.25) is 9.69 Å². The van der Waals surface area contributed by atoms with E-state index in [0.29, 0.717) is 49.9 Å². The fourth-order valence-corrected chi connectivity index (χ4v) is 3.92. The smallest absolute Gasteiger partial charge is 0.338 e. The molecular formula is C33H49N3O5. The van der Waals surface area contributed by atoms with Crippen LogP contribution >= 0.6 is 0 Å². The van der Waals surface area contributed by atoms with Crippen molar-refractivity contribution in [2.24, 2.45) is 5.92 Å². The molecule has 0 aromatic heterocycles. The molecule has 0 aliphatic heterocycles. The number of likely N-dealkylation sites (N-methyl/N-ethyl adjacent to an activating group) is 1. The number of carbonyl (C=O) groups is 2. The first-order valence-corrected chi connectivity index (χ1v) is 14.9. The lowest BCUT2D eigenvalue weighted by atomic mass is 10.1. The van der Waals surface area contributed by atoms with Crippen LogP contribution in [-0.2, 0) is 16.1 Å². The molecule has 2 aromatic rings. The molecule has 1 amide bonds. The molecule has 0 unspecified atom stereocenters. The molecule has 8 nitrogen and oxygen atoms in total. The summed E-state index contributed by atoms with van der Waals surface area (Å²) in [5.41, 5.74) is 2.38. The third-order valence-electron chi connectivity index (χ3n) is 6.48. The van der Waals surface area contributed by atoms with E-state index in [2.05, 4.69) is 43.6 Å². The number of benzene rings is 2. The third kappa shape index (κ3) is 14.6. The number of nitrogens with zero attached hydrogens (tertiary/aromatic N) is 1. The minimum absolute atomic E-state index is 0.0205. The van der Waals surface area contributed by atoms with Crippen LogP contribution in [0.3, 0.4) is 0 Å². The number of unbranched alkanes of at least 4 members (excludes halogenated alkanes) is 3. The van der Waals surface area contributed by atoms with Crippen LogP contribution in [0.15, 0.2) is 54.6 Å². The van der Waals surface area contributed by atoms with E-state index in [4.69, 9.17) is 9.47 Å². The van der Waals surface area contributed by atoms with Crippen LogP contribution in [0.5, 0.6) is 11.5 Å². The molecule has 2 aromatic carbocycles. The van der Waals surface area contributed by atoms with Crippen molar-refractivity contribution in [1.29, 1.82) is 0 Å². The van der Waals surface area contributed by atoms with Gasteiger partial charge in [0.1, 0.15) is 13.2 Å².